The molecule has 0 fully saturated rings. The van der Waals surface area contributed by atoms with Gasteiger partial charge in [-0.2, -0.15) is 0 Å². The molecule has 34 heavy (non-hydrogen) atoms. The van der Waals surface area contributed by atoms with Crippen LogP contribution in [0.5, 0.6) is 5.75 Å². The van der Waals surface area contributed by atoms with Gasteiger partial charge in [-0.25, -0.2) is 0 Å². The molecular formula is C25H18Cl2N4O3. The Morgan fingerprint density at radius 1 is 1.06 bits per heavy atom. The van der Waals surface area contributed by atoms with Crippen LogP contribution in [0.1, 0.15) is 28.7 Å². The quantitative estimate of drug-likeness (QED) is 0.256. The molecule has 0 atom stereocenters. The van der Waals surface area contributed by atoms with Crippen molar-refractivity contribution in [3.63, 3.8) is 0 Å². The van der Waals surface area contributed by atoms with Crippen LogP contribution in [-0.2, 0) is 6.54 Å². The molecule has 9 heteroatoms. The van der Waals surface area contributed by atoms with Gasteiger partial charge < -0.3 is 13.7 Å². The van der Waals surface area contributed by atoms with Crippen LogP contribution in [0.2, 0.25) is 10.2 Å². The first-order chi connectivity index (χ1) is 16.5. The lowest BCUT2D eigenvalue weighted by Gasteiger charge is -2.08. The third-order valence-electron chi connectivity index (χ3n) is 5.27. The average Bonchev–Trinajstić information content (AvgIpc) is 3.45. The zero-order valence-corrected chi connectivity index (χ0v) is 19.5. The van der Waals surface area contributed by atoms with E-state index in [1.807, 2.05) is 47.9 Å². The molecule has 0 saturated heterocycles. The van der Waals surface area contributed by atoms with E-state index in [1.54, 1.807) is 30.5 Å². The lowest BCUT2D eigenvalue weighted by atomic mass is 10.1. The van der Waals surface area contributed by atoms with E-state index in [-0.39, 0.29) is 22.5 Å². The van der Waals surface area contributed by atoms with E-state index < -0.39 is 5.78 Å². The Labute approximate surface area is 204 Å². The zero-order valence-electron chi connectivity index (χ0n) is 18.0. The Kier molecular flexibility index (Phi) is 6.04. The van der Waals surface area contributed by atoms with Crippen LogP contribution in [0.3, 0.4) is 0 Å². The molecular weight excluding hydrogens is 475 g/mol. The highest BCUT2D eigenvalue weighted by Gasteiger charge is 2.27. The van der Waals surface area contributed by atoms with Crippen molar-refractivity contribution in [2.75, 3.05) is 6.61 Å². The van der Waals surface area contributed by atoms with Crippen LogP contribution in [0.15, 0.2) is 71.3 Å². The van der Waals surface area contributed by atoms with Gasteiger partial charge >= 0.3 is 0 Å². The molecule has 0 spiro atoms. The van der Waals surface area contributed by atoms with E-state index in [2.05, 4.69) is 15.2 Å². The van der Waals surface area contributed by atoms with Gasteiger partial charge in [-0.15, -0.1) is 10.2 Å². The molecule has 0 unspecified atom stereocenters. The molecule has 0 aliphatic heterocycles. The Morgan fingerprint density at radius 3 is 2.62 bits per heavy atom. The van der Waals surface area contributed by atoms with Gasteiger partial charge in [0.2, 0.25) is 0 Å². The Bertz CT molecular complexity index is 1480. The van der Waals surface area contributed by atoms with Gasteiger partial charge in [-0.3, -0.25) is 9.78 Å². The minimum atomic E-state index is -0.479. The summed E-state index contributed by atoms with van der Waals surface area (Å²) in [6, 6.07) is 18.3. The van der Waals surface area contributed by atoms with Crippen molar-refractivity contribution < 1.29 is 13.9 Å². The number of halogens is 2. The molecule has 7 nitrogen and oxygen atoms in total. The number of pyridine rings is 1. The van der Waals surface area contributed by atoms with E-state index in [0.29, 0.717) is 35.0 Å². The average molecular weight is 493 g/mol. The van der Waals surface area contributed by atoms with E-state index >= 15 is 0 Å². The van der Waals surface area contributed by atoms with Gasteiger partial charge in [0.15, 0.2) is 0 Å². The van der Waals surface area contributed by atoms with Crippen LogP contribution >= 0.6 is 23.2 Å². The number of ether oxygens (including phenoxy) is 1. The fourth-order valence-electron chi connectivity index (χ4n) is 3.72. The highest BCUT2D eigenvalue weighted by molar-refractivity contribution is 6.36. The summed E-state index contributed by atoms with van der Waals surface area (Å²) >= 11 is 12.8. The topological polar surface area (TPSA) is 83.0 Å². The number of hydrogen-bond donors (Lipinski definition) is 0. The first-order valence-electron chi connectivity index (χ1n) is 10.5. The van der Waals surface area contributed by atoms with Crippen molar-refractivity contribution in [2.24, 2.45) is 0 Å². The van der Waals surface area contributed by atoms with Crippen molar-refractivity contribution in [2.45, 2.75) is 13.5 Å². The van der Waals surface area contributed by atoms with Gasteiger partial charge in [-0.05, 0) is 55.0 Å². The Hall–Kier alpha value is -3.68. The van der Waals surface area contributed by atoms with Crippen molar-refractivity contribution >= 4 is 39.9 Å². The third kappa shape index (κ3) is 4.16. The van der Waals surface area contributed by atoms with E-state index in [9.17, 15) is 4.79 Å². The molecule has 5 rings (SSSR count). The van der Waals surface area contributed by atoms with Gasteiger partial charge in [0.1, 0.15) is 16.6 Å². The van der Waals surface area contributed by atoms with Gasteiger partial charge in [0.05, 0.1) is 17.7 Å². The first kappa shape index (κ1) is 22.1. The number of benzene rings is 2. The van der Waals surface area contributed by atoms with Crippen LogP contribution in [0.4, 0.5) is 0 Å². The third-order valence-corrected chi connectivity index (χ3v) is 5.91. The van der Waals surface area contributed by atoms with Crippen molar-refractivity contribution in [3.05, 3.63) is 94.1 Å². The van der Waals surface area contributed by atoms with Gasteiger partial charge in [0, 0.05) is 23.2 Å². The van der Waals surface area contributed by atoms with E-state index in [1.165, 1.54) is 0 Å². The molecule has 0 aliphatic rings. The maximum atomic E-state index is 13.5. The second-order valence-corrected chi connectivity index (χ2v) is 8.24. The summed E-state index contributed by atoms with van der Waals surface area (Å²) in [7, 11) is 0. The van der Waals surface area contributed by atoms with Crippen molar-refractivity contribution in [3.8, 4) is 17.3 Å². The molecule has 5 aromatic rings. The van der Waals surface area contributed by atoms with Crippen LogP contribution in [0, 0.1) is 0 Å². The number of ketones is 1. The van der Waals surface area contributed by atoms with Crippen molar-refractivity contribution in [1.29, 1.82) is 0 Å². The summed E-state index contributed by atoms with van der Waals surface area (Å²) in [6.07, 6.45) is 1.61. The number of nitrogens with zero attached hydrogens (tertiary/aromatic N) is 4. The second kappa shape index (κ2) is 9.29. The maximum Gasteiger partial charge on any atom is 0.289 e. The van der Waals surface area contributed by atoms with Gasteiger partial charge in [0.25, 0.3) is 17.6 Å². The van der Waals surface area contributed by atoms with Crippen LogP contribution in [-0.4, -0.2) is 32.1 Å². The summed E-state index contributed by atoms with van der Waals surface area (Å²) in [4.78, 5) is 17.7. The lowest BCUT2D eigenvalue weighted by Crippen LogP contribution is -2.04. The monoisotopic (exact) mass is 492 g/mol. The second-order valence-electron chi connectivity index (χ2n) is 7.45. The van der Waals surface area contributed by atoms with E-state index in [4.69, 9.17) is 32.4 Å². The standard InChI is InChI=1S/C25H18Cl2N4O3/c1-2-33-17-10-11-20-18(13-17)21(23(27)31(20)14-15-6-8-16(26)9-7-15)22(32)25-30-29-24(34-25)19-5-3-4-12-28-19/h3-13H,2,14H2,1H3. The number of carbonyl (C=O) groups is 1. The predicted octanol–water partition coefficient (Wildman–Crippen LogP) is 6.07. The minimum absolute atomic E-state index is 0.153. The summed E-state index contributed by atoms with van der Waals surface area (Å²) in [5, 5.41) is 9.48. The normalized spacial score (nSPS) is 11.1. The molecule has 2 aromatic carbocycles. The van der Waals surface area contributed by atoms with E-state index in [0.717, 1.165) is 11.1 Å². The fourth-order valence-corrected chi connectivity index (χ4v) is 4.18. The van der Waals surface area contributed by atoms with Crippen molar-refractivity contribution in [1.82, 2.24) is 19.7 Å². The molecule has 3 heterocycles. The van der Waals surface area contributed by atoms with Crippen LogP contribution in [0.25, 0.3) is 22.5 Å². The molecule has 0 radical (unpaired) electrons. The fraction of sp³-hybridized carbons (Fsp3) is 0.120. The first-order valence-corrected chi connectivity index (χ1v) is 11.3. The van der Waals surface area contributed by atoms with Crippen LogP contribution < -0.4 is 4.74 Å². The summed E-state index contributed by atoms with van der Waals surface area (Å²) in [5.41, 5.74) is 2.50. The number of carbonyl (C=O) groups excluding carboxylic acids is 1. The summed E-state index contributed by atoms with van der Waals surface area (Å²) < 4.78 is 13.2. The molecule has 0 saturated carbocycles. The molecule has 0 amide bonds. The predicted molar refractivity (Wildman–Crippen MR) is 130 cm³/mol. The zero-order chi connectivity index (χ0) is 23.7. The molecule has 170 valence electrons. The Balaban J connectivity index is 1.61. The smallest absolute Gasteiger partial charge is 0.289 e. The molecule has 3 aromatic heterocycles. The molecule has 0 N–H and O–H groups in total. The number of fused-ring (bicyclic) bond motifs is 1. The number of aromatic nitrogens is 4. The van der Waals surface area contributed by atoms with Gasteiger partial charge in [-0.1, -0.05) is 41.4 Å². The summed E-state index contributed by atoms with van der Waals surface area (Å²) in [6.45, 7) is 2.83. The number of hydrogen-bond acceptors (Lipinski definition) is 6. The molecule has 0 bridgehead atoms. The highest BCUT2D eigenvalue weighted by Crippen LogP contribution is 2.35. The lowest BCUT2D eigenvalue weighted by molar-refractivity contribution is 0.100. The Morgan fingerprint density at radius 2 is 1.88 bits per heavy atom. The number of rotatable bonds is 7. The maximum absolute atomic E-state index is 13.5. The largest absolute Gasteiger partial charge is 0.494 e. The SMILES string of the molecule is CCOc1ccc2c(c1)c(C(=O)c1nnc(-c3ccccn3)o1)c(Cl)n2Cc1ccc(Cl)cc1. The minimum Gasteiger partial charge on any atom is -0.494 e. The molecule has 0 aliphatic carbocycles. The highest BCUT2D eigenvalue weighted by atomic mass is 35.5. The summed E-state index contributed by atoms with van der Waals surface area (Å²) in [5.74, 6) is 0.132.